The Hall–Kier alpha value is -3.44. The molecule has 0 rings (SSSR count). The molecule has 5 nitrogen and oxygen atoms in total. The van der Waals surface area contributed by atoms with Crippen molar-refractivity contribution in [2.45, 2.75) is 207 Å². The third kappa shape index (κ3) is 47.2. The first kappa shape index (κ1) is 56.6. The van der Waals surface area contributed by atoms with Gasteiger partial charge in [0.15, 0.2) is 6.10 Å². The lowest BCUT2D eigenvalue weighted by molar-refractivity contribution is -0.163. The minimum Gasteiger partial charge on any atom is -0.462 e. The molecular weight excluding hydrogens is 741 g/mol. The number of carbonyl (C=O) groups is 2. The van der Waals surface area contributed by atoms with E-state index in [1.54, 1.807) is 0 Å². The molecule has 0 radical (unpaired) electrons. The van der Waals surface area contributed by atoms with Crippen LogP contribution in [0.15, 0.2) is 109 Å². The Balaban J connectivity index is 4.33. The Bertz CT molecular complexity index is 1210. The molecule has 0 N–H and O–H groups in total. The first-order valence-electron chi connectivity index (χ1n) is 24.4. The summed E-state index contributed by atoms with van der Waals surface area (Å²) >= 11 is 0. The summed E-state index contributed by atoms with van der Waals surface area (Å²) in [6, 6.07) is 0. The highest BCUT2D eigenvalue weighted by molar-refractivity contribution is 5.70. The van der Waals surface area contributed by atoms with E-state index in [2.05, 4.69) is 130 Å². The molecule has 1 unspecified atom stereocenters. The van der Waals surface area contributed by atoms with Crippen LogP contribution in [-0.4, -0.2) is 37.9 Å². The van der Waals surface area contributed by atoms with Crippen LogP contribution in [0, 0.1) is 0 Å². The highest BCUT2D eigenvalue weighted by Gasteiger charge is 2.17. The maximum atomic E-state index is 12.7. The number of allylic oxidation sites excluding steroid dienone is 18. The smallest absolute Gasteiger partial charge is 0.306 e. The van der Waals surface area contributed by atoms with Crippen LogP contribution in [0.2, 0.25) is 0 Å². The molecular formula is C55H90O5. The molecule has 5 heteroatoms. The van der Waals surface area contributed by atoms with Gasteiger partial charge in [-0.3, -0.25) is 9.59 Å². The van der Waals surface area contributed by atoms with Gasteiger partial charge in [0.2, 0.25) is 0 Å². The number of carbonyl (C=O) groups excluding carboxylic acids is 2. The van der Waals surface area contributed by atoms with Gasteiger partial charge in [-0.05, 0) is 103 Å². The van der Waals surface area contributed by atoms with E-state index in [4.69, 9.17) is 14.2 Å². The van der Waals surface area contributed by atoms with Crippen LogP contribution in [0.3, 0.4) is 0 Å². The van der Waals surface area contributed by atoms with E-state index in [1.165, 1.54) is 44.9 Å². The van der Waals surface area contributed by atoms with Gasteiger partial charge in [-0.1, -0.05) is 194 Å². The summed E-state index contributed by atoms with van der Waals surface area (Å²) in [7, 11) is 0. The van der Waals surface area contributed by atoms with Gasteiger partial charge in [0.25, 0.3) is 0 Å². The van der Waals surface area contributed by atoms with Gasteiger partial charge in [0, 0.05) is 19.4 Å². The maximum Gasteiger partial charge on any atom is 0.306 e. The predicted octanol–water partition coefficient (Wildman–Crippen LogP) is 16.4. The average Bonchev–Trinajstić information content (AvgIpc) is 3.25. The molecule has 340 valence electrons. The molecule has 60 heavy (non-hydrogen) atoms. The van der Waals surface area contributed by atoms with Gasteiger partial charge >= 0.3 is 11.9 Å². The zero-order chi connectivity index (χ0) is 43.5. The van der Waals surface area contributed by atoms with Crippen LogP contribution in [0.5, 0.6) is 0 Å². The molecule has 0 aliphatic rings. The number of unbranched alkanes of at least 4 members (excludes halogenated alkanes) is 14. The molecule has 0 aromatic heterocycles. The van der Waals surface area contributed by atoms with E-state index in [-0.39, 0.29) is 25.2 Å². The Morgan fingerprint density at radius 2 is 0.750 bits per heavy atom. The minimum atomic E-state index is -0.570. The molecule has 0 fully saturated rings. The second-order valence-electron chi connectivity index (χ2n) is 15.6. The molecule has 0 aromatic carbocycles. The van der Waals surface area contributed by atoms with E-state index in [0.29, 0.717) is 19.4 Å². The van der Waals surface area contributed by atoms with E-state index >= 15 is 0 Å². The number of esters is 2. The Morgan fingerprint density at radius 3 is 1.23 bits per heavy atom. The van der Waals surface area contributed by atoms with Crippen molar-refractivity contribution < 1.29 is 23.8 Å². The number of rotatable bonds is 43. The fourth-order valence-electron chi connectivity index (χ4n) is 6.23. The minimum absolute atomic E-state index is 0.0481. The van der Waals surface area contributed by atoms with E-state index in [9.17, 15) is 9.59 Å². The van der Waals surface area contributed by atoms with Crippen molar-refractivity contribution >= 4 is 11.9 Å². The normalized spacial score (nSPS) is 13.2. The molecule has 0 saturated carbocycles. The van der Waals surface area contributed by atoms with Crippen molar-refractivity contribution in [3.8, 4) is 0 Å². The quantitative estimate of drug-likeness (QED) is 0.0348. The molecule has 1 atom stereocenters. The van der Waals surface area contributed by atoms with Crippen LogP contribution in [-0.2, 0) is 23.8 Å². The number of hydrogen-bond donors (Lipinski definition) is 0. The largest absolute Gasteiger partial charge is 0.462 e. The summed E-state index contributed by atoms with van der Waals surface area (Å²) in [5.74, 6) is -0.469. The van der Waals surface area contributed by atoms with Crippen LogP contribution >= 0.6 is 0 Å². The summed E-state index contributed by atoms with van der Waals surface area (Å²) in [5.41, 5.74) is 0. The van der Waals surface area contributed by atoms with E-state index in [0.717, 1.165) is 122 Å². The lowest BCUT2D eigenvalue weighted by atomic mass is 10.1. The van der Waals surface area contributed by atoms with Crippen LogP contribution in [0.1, 0.15) is 201 Å². The molecule has 0 aliphatic heterocycles. The maximum absolute atomic E-state index is 12.7. The average molecular weight is 831 g/mol. The van der Waals surface area contributed by atoms with Gasteiger partial charge in [-0.2, -0.15) is 0 Å². The Kier molecular flexibility index (Phi) is 47.1. The molecule has 0 aliphatic carbocycles. The molecule has 0 aromatic rings. The molecule has 0 bridgehead atoms. The monoisotopic (exact) mass is 831 g/mol. The predicted molar refractivity (Wildman–Crippen MR) is 260 cm³/mol. The van der Waals surface area contributed by atoms with Gasteiger partial charge in [0.1, 0.15) is 6.61 Å². The fourth-order valence-corrected chi connectivity index (χ4v) is 6.23. The molecule has 0 heterocycles. The fraction of sp³-hybridized carbons (Fsp3) is 0.636. The summed E-state index contributed by atoms with van der Waals surface area (Å²) in [5, 5.41) is 0. The van der Waals surface area contributed by atoms with Gasteiger partial charge < -0.3 is 14.2 Å². The van der Waals surface area contributed by atoms with Crippen molar-refractivity contribution in [3.05, 3.63) is 109 Å². The Labute approximate surface area is 370 Å². The summed E-state index contributed by atoms with van der Waals surface area (Å²) in [4.78, 5) is 25.2. The van der Waals surface area contributed by atoms with Crippen LogP contribution in [0.4, 0.5) is 0 Å². The second-order valence-corrected chi connectivity index (χ2v) is 15.6. The Morgan fingerprint density at radius 1 is 0.383 bits per heavy atom. The summed E-state index contributed by atoms with van der Waals surface area (Å²) < 4.78 is 17.3. The van der Waals surface area contributed by atoms with Crippen LogP contribution in [0.25, 0.3) is 0 Å². The van der Waals surface area contributed by atoms with Crippen molar-refractivity contribution in [1.29, 1.82) is 0 Å². The van der Waals surface area contributed by atoms with Crippen molar-refractivity contribution in [2.24, 2.45) is 0 Å². The highest BCUT2D eigenvalue weighted by atomic mass is 16.6. The molecule has 0 amide bonds. The first-order chi connectivity index (χ1) is 29.6. The number of hydrogen-bond acceptors (Lipinski definition) is 5. The molecule has 0 spiro atoms. The SMILES string of the molecule is CC/C=C\C/C=C\C/C=C\C/C=C\C/C=C\CCCCCCOCC(COC(=O)CCCC/C=C\C/C=C\C/C=C\C/C=C\CC)OC(=O)CCCCCCCCCCC. The van der Waals surface area contributed by atoms with Crippen molar-refractivity contribution in [2.75, 3.05) is 19.8 Å². The summed E-state index contributed by atoms with van der Waals surface area (Å²) in [6.45, 7) is 7.47. The zero-order valence-electron chi connectivity index (χ0n) is 38.9. The lowest BCUT2D eigenvalue weighted by Gasteiger charge is -2.18. The second kappa shape index (κ2) is 49.9. The standard InChI is InChI=1S/C55H90O5/c1-4-7-10-13-16-19-21-23-25-26-27-28-29-31-33-35-38-41-44-47-50-58-51-53(60-55(57)49-46-43-40-36-18-15-12-9-6-3)52-59-54(56)48-45-42-39-37-34-32-30-24-22-20-17-14-11-8-5-2/h7-8,10-11,16-17,19-20,23-25,27-28,30-31,33-34,37,53H,4-6,9,12-15,18,21-22,26,29,32,35-36,38-52H2,1-3H3/b10-7-,11-8-,19-16-,20-17-,25-23-,28-27-,30-24-,33-31-,37-34-. The lowest BCUT2D eigenvalue weighted by Crippen LogP contribution is -2.30. The first-order valence-corrected chi connectivity index (χ1v) is 24.4. The highest BCUT2D eigenvalue weighted by Crippen LogP contribution is 2.12. The zero-order valence-corrected chi connectivity index (χ0v) is 38.9. The van der Waals surface area contributed by atoms with Crippen molar-refractivity contribution in [1.82, 2.24) is 0 Å². The van der Waals surface area contributed by atoms with Gasteiger partial charge in [-0.25, -0.2) is 0 Å². The van der Waals surface area contributed by atoms with Gasteiger partial charge in [0.05, 0.1) is 6.61 Å². The molecule has 0 saturated heterocycles. The van der Waals surface area contributed by atoms with Crippen molar-refractivity contribution in [3.63, 3.8) is 0 Å². The third-order valence-corrected chi connectivity index (χ3v) is 9.80. The van der Waals surface area contributed by atoms with Crippen LogP contribution < -0.4 is 0 Å². The number of ether oxygens (including phenoxy) is 3. The van der Waals surface area contributed by atoms with Gasteiger partial charge in [-0.15, -0.1) is 0 Å². The summed E-state index contributed by atoms with van der Waals surface area (Å²) in [6.07, 6.45) is 68.1. The topological polar surface area (TPSA) is 61.8 Å². The van der Waals surface area contributed by atoms with E-state index in [1.807, 2.05) is 0 Å². The van der Waals surface area contributed by atoms with E-state index < -0.39 is 6.10 Å². The third-order valence-electron chi connectivity index (χ3n) is 9.80.